The Bertz CT molecular complexity index is 437. The van der Waals surface area contributed by atoms with E-state index < -0.39 is 0 Å². The molecule has 0 fully saturated rings. The lowest BCUT2D eigenvalue weighted by molar-refractivity contribution is 0.409. The number of methoxy groups -OCH3 is 2. The Morgan fingerprint density at radius 2 is 1.56 bits per heavy atom. The number of para-hydroxylation sites is 1. The van der Waals surface area contributed by atoms with E-state index in [1.807, 2.05) is 30.3 Å². The van der Waals surface area contributed by atoms with E-state index in [1.165, 1.54) is 0 Å². The van der Waals surface area contributed by atoms with Crippen molar-refractivity contribution in [2.24, 2.45) is 0 Å². The van der Waals surface area contributed by atoms with E-state index in [2.05, 4.69) is 4.98 Å². The van der Waals surface area contributed by atoms with Crippen LogP contribution in [0.4, 0.5) is 0 Å². The summed E-state index contributed by atoms with van der Waals surface area (Å²) in [7, 11) is 3.29. The number of ether oxygens (including phenoxy) is 2. The molecule has 0 saturated heterocycles. The zero-order chi connectivity index (χ0) is 11.4. The van der Waals surface area contributed by atoms with Crippen LogP contribution in [-0.4, -0.2) is 19.2 Å². The lowest BCUT2D eigenvalue weighted by Gasteiger charge is -2.11. The molecule has 0 radical (unpaired) electrons. The van der Waals surface area contributed by atoms with E-state index in [9.17, 15) is 0 Å². The zero-order valence-corrected chi connectivity index (χ0v) is 9.31. The minimum Gasteiger partial charge on any atom is -0.496 e. The van der Waals surface area contributed by atoms with Gasteiger partial charge in [0.1, 0.15) is 11.5 Å². The summed E-state index contributed by atoms with van der Waals surface area (Å²) in [5.41, 5.74) is 1.99. The molecule has 0 atom stereocenters. The number of rotatable bonds is 3. The Labute approximate surface area is 94.7 Å². The fourth-order valence-corrected chi connectivity index (χ4v) is 1.63. The van der Waals surface area contributed by atoms with Crippen molar-refractivity contribution < 1.29 is 9.47 Å². The van der Waals surface area contributed by atoms with Gasteiger partial charge < -0.3 is 9.47 Å². The summed E-state index contributed by atoms with van der Waals surface area (Å²) >= 11 is 0. The largest absolute Gasteiger partial charge is 0.496 e. The van der Waals surface area contributed by atoms with Crippen LogP contribution in [0.15, 0.2) is 42.7 Å². The lowest BCUT2D eigenvalue weighted by atomic mass is 10.1. The van der Waals surface area contributed by atoms with Gasteiger partial charge in [0.15, 0.2) is 0 Å². The van der Waals surface area contributed by atoms with Crippen LogP contribution >= 0.6 is 0 Å². The highest BCUT2D eigenvalue weighted by molar-refractivity contribution is 5.75. The normalized spacial score (nSPS) is 9.88. The Hall–Kier alpha value is -2.03. The Morgan fingerprint density at radius 3 is 2.31 bits per heavy atom. The summed E-state index contributed by atoms with van der Waals surface area (Å²) in [6, 6.07) is 9.75. The molecule has 0 spiro atoms. The van der Waals surface area contributed by atoms with Crippen LogP contribution in [0.25, 0.3) is 11.1 Å². The van der Waals surface area contributed by atoms with Crippen molar-refractivity contribution in [1.29, 1.82) is 0 Å². The molecule has 3 nitrogen and oxygen atoms in total. The minimum absolute atomic E-state index is 0.743. The van der Waals surface area contributed by atoms with Gasteiger partial charge in [-0.25, -0.2) is 0 Å². The van der Waals surface area contributed by atoms with Crippen molar-refractivity contribution in [3.63, 3.8) is 0 Å². The summed E-state index contributed by atoms with van der Waals surface area (Å²) in [4.78, 5) is 4.03. The fourth-order valence-electron chi connectivity index (χ4n) is 1.63. The molecule has 0 saturated carbocycles. The van der Waals surface area contributed by atoms with Gasteiger partial charge in [-0.3, -0.25) is 4.98 Å². The van der Waals surface area contributed by atoms with Gasteiger partial charge in [0, 0.05) is 17.3 Å². The molecule has 82 valence electrons. The maximum absolute atomic E-state index is 5.32. The highest BCUT2D eigenvalue weighted by Crippen LogP contribution is 2.35. The molecule has 3 heteroatoms. The van der Waals surface area contributed by atoms with Gasteiger partial charge in [-0.15, -0.1) is 0 Å². The van der Waals surface area contributed by atoms with Crippen LogP contribution in [0.1, 0.15) is 0 Å². The standard InChI is InChI=1S/C13H13NO2/c1-15-12-6-4-3-5-10(12)11-7-8-14-9-13(11)16-2/h3-9H,1-2H3. The van der Waals surface area contributed by atoms with Gasteiger partial charge in [-0.05, 0) is 12.1 Å². The quantitative estimate of drug-likeness (QED) is 0.788. The second-order valence-corrected chi connectivity index (χ2v) is 3.28. The molecule has 0 bridgehead atoms. The minimum atomic E-state index is 0.743. The average molecular weight is 215 g/mol. The van der Waals surface area contributed by atoms with Gasteiger partial charge in [0.2, 0.25) is 0 Å². The third kappa shape index (κ3) is 1.84. The number of hydrogen-bond acceptors (Lipinski definition) is 3. The third-order valence-electron chi connectivity index (χ3n) is 2.40. The maximum Gasteiger partial charge on any atom is 0.145 e. The molecule has 2 rings (SSSR count). The number of hydrogen-bond donors (Lipinski definition) is 0. The summed E-state index contributed by atoms with van der Waals surface area (Å²) < 4.78 is 10.6. The Kier molecular flexibility index (Phi) is 3.05. The molecular formula is C13H13NO2. The first-order valence-corrected chi connectivity index (χ1v) is 4.98. The van der Waals surface area contributed by atoms with Crippen molar-refractivity contribution in [2.75, 3.05) is 14.2 Å². The van der Waals surface area contributed by atoms with Crippen molar-refractivity contribution in [3.8, 4) is 22.6 Å². The topological polar surface area (TPSA) is 31.4 Å². The third-order valence-corrected chi connectivity index (χ3v) is 2.40. The van der Waals surface area contributed by atoms with Crippen molar-refractivity contribution >= 4 is 0 Å². The first-order chi connectivity index (χ1) is 7.86. The van der Waals surface area contributed by atoms with Gasteiger partial charge in [0.25, 0.3) is 0 Å². The van der Waals surface area contributed by atoms with Crippen molar-refractivity contribution in [2.45, 2.75) is 0 Å². The van der Waals surface area contributed by atoms with Gasteiger partial charge in [0.05, 0.1) is 20.4 Å². The molecule has 0 aliphatic rings. The van der Waals surface area contributed by atoms with Crippen molar-refractivity contribution in [3.05, 3.63) is 42.7 Å². The van der Waals surface area contributed by atoms with Crippen LogP contribution in [0.5, 0.6) is 11.5 Å². The first kappa shape index (κ1) is 10.5. The lowest BCUT2D eigenvalue weighted by Crippen LogP contribution is -1.91. The highest BCUT2D eigenvalue weighted by atomic mass is 16.5. The molecule has 0 amide bonds. The van der Waals surface area contributed by atoms with E-state index in [0.29, 0.717) is 0 Å². The second kappa shape index (κ2) is 4.66. The molecule has 1 heterocycles. The maximum atomic E-state index is 5.32. The molecule has 0 aliphatic heterocycles. The van der Waals surface area contributed by atoms with Gasteiger partial charge in [-0.2, -0.15) is 0 Å². The molecule has 1 aromatic heterocycles. The Balaban J connectivity index is 2.58. The smallest absolute Gasteiger partial charge is 0.145 e. The SMILES string of the molecule is COc1ccccc1-c1ccncc1OC. The number of nitrogens with zero attached hydrogens (tertiary/aromatic N) is 1. The summed E-state index contributed by atoms with van der Waals surface area (Å²) in [5.74, 6) is 1.57. The van der Waals surface area contributed by atoms with Crippen molar-refractivity contribution in [1.82, 2.24) is 4.98 Å². The zero-order valence-electron chi connectivity index (χ0n) is 9.31. The van der Waals surface area contributed by atoms with Crippen LogP contribution in [0.3, 0.4) is 0 Å². The summed E-state index contributed by atoms with van der Waals surface area (Å²) in [6.07, 6.45) is 3.44. The van der Waals surface area contributed by atoms with E-state index in [-0.39, 0.29) is 0 Å². The van der Waals surface area contributed by atoms with E-state index >= 15 is 0 Å². The van der Waals surface area contributed by atoms with Crippen LogP contribution < -0.4 is 9.47 Å². The van der Waals surface area contributed by atoms with E-state index in [4.69, 9.17) is 9.47 Å². The van der Waals surface area contributed by atoms with E-state index in [0.717, 1.165) is 22.6 Å². The summed E-state index contributed by atoms with van der Waals surface area (Å²) in [6.45, 7) is 0. The van der Waals surface area contributed by atoms with E-state index in [1.54, 1.807) is 26.6 Å². The molecule has 16 heavy (non-hydrogen) atoms. The predicted molar refractivity (Wildman–Crippen MR) is 62.8 cm³/mol. The molecule has 1 aromatic carbocycles. The molecule has 2 aromatic rings. The monoisotopic (exact) mass is 215 g/mol. The predicted octanol–water partition coefficient (Wildman–Crippen LogP) is 2.77. The van der Waals surface area contributed by atoms with Gasteiger partial charge in [-0.1, -0.05) is 18.2 Å². The molecule has 0 N–H and O–H groups in total. The highest BCUT2D eigenvalue weighted by Gasteiger charge is 2.09. The number of benzene rings is 1. The average Bonchev–Trinajstić information content (AvgIpc) is 2.38. The summed E-state index contributed by atoms with van der Waals surface area (Å²) in [5, 5.41) is 0. The molecule has 0 aliphatic carbocycles. The molecule has 0 unspecified atom stereocenters. The van der Waals surface area contributed by atoms with Crippen LogP contribution in [0, 0.1) is 0 Å². The number of aromatic nitrogens is 1. The molecular weight excluding hydrogens is 202 g/mol. The second-order valence-electron chi connectivity index (χ2n) is 3.28. The number of pyridine rings is 1. The first-order valence-electron chi connectivity index (χ1n) is 4.98. The van der Waals surface area contributed by atoms with Crippen LogP contribution in [-0.2, 0) is 0 Å². The van der Waals surface area contributed by atoms with Crippen LogP contribution in [0.2, 0.25) is 0 Å². The Morgan fingerprint density at radius 1 is 0.875 bits per heavy atom. The fraction of sp³-hybridized carbons (Fsp3) is 0.154. The van der Waals surface area contributed by atoms with Gasteiger partial charge >= 0.3 is 0 Å².